The van der Waals surface area contributed by atoms with Crippen molar-refractivity contribution in [1.29, 1.82) is 0 Å². The molecule has 0 aliphatic heterocycles. The van der Waals surface area contributed by atoms with Gasteiger partial charge in [-0.1, -0.05) is 25.0 Å². The van der Waals surface area contributed by atoms with Gasteiger partial charge in [0, 0.05) is 0 Å². The quantitative estimate of drug-likeness (QED) is 0.528. The van der Waals surface area contributed by atoms with Crippen LogP contribution in [0.4, 0.5) is 0 Å². The van der Waals surface area contributed by atoms with Crippen molar-refractivity contribution in [2.45, 2.75) is 44.1 Å². The smallest absolute Gasteiger partial charge is 0.0713 e. The molecule has 1 nitrogen and oxygen atoms in total. The van der Waals surface area contributed by atoms with Crippen molar-refractivity contribution < 1.29 is 5.11 Å². The zero-order chi connectivity index (χ0) is 7.73. The normalized spacial score (nSPS) is 43.5. The van der Waals surface area contributed by atoms with E-state index in [1.54, 1.807) is 0 Å². The van der Waals surface area contributed by atoms with Crippen molar-refractivity contribution in [1.82, 2.24) is 0 Å². The first-order valence-electron chi connectivity index (χ1n) is 4.69. The van der Waals surface area contributed by atoms with Crippen LogP contribution in [-0.2, 0) is 0 Å². The summed E-state index contributed by atoms with van der Waals surface area (Å²) in [6.45, 7) is 0. The van der Waals surface area contributed by atoms with E-state index in [0.717, 1.165) is 19.3 Å². The molecule has 11 heavy (non-hydrogen) atoms. The van der Waals surface area contributed by atoms with Crippen LogP contribution < -0.4 is 0 Å². The van der Waals surface area contributed by atoms with E-state index < -0.39 is 0 Å². The van der Waals surface area contributed by atoms with E-state index in [9.17, 15) is 5.11 Å². The predicted octanol–water partition coefficient (Wildman–Crippen LogP) is 2.26. The molecule has 0 amide bonds. The molecular weight excluding hydrogens is 136 g/mol. The van der Waals surface area contributed by atoms with Gasteiger partial charge in [0.05, 0.1) is 5.60 Å². The summed E-state index contributed by atoms with van der Waals surface area (Å²) >= 11 is 0. The van der Waals surface area contributed by atoms with Crippen molar-refractivity contribution in [3.8, 4) is 0 Å². The van der Waals surface area contributed by atoms with Gasteiger partial charge in [0.15, 0.2) is 0 Å². The van der Waals surface area contributed by atoms with Crippen LogP contribution in [0.15, 0.2) is 12.2 Å². The van der Waals surface area contributed by atoms with Crippen molar-refractivity contribution in [3.63, 3.8) is 0 Å². The summed E-state index contributed by atoms with van der Waals surface area (Å²) in [7, 11) is 0. The first-order valence-corrected chi connectivity index (χ1v) is 4.69. The highest BCUT2D eigenvalue weighted by atomic mass is 16.3. The van der Waals surface area contributed by atoms with Gasteiger partial charge < -0.3 is 5.11 Å². The van der Waals surface area contributed by atoms with E-state index in [1.165, 1.54) is 19.3 Å². The molecule has 0 spiro atoms. The lowest BCUT2D eigenvalue weighted by Gasteiger charge is -2.41. The molecule has 1 N–H and O–H groups in total. The number of allylic oxidation sites excluding steroid dienone is 1. The molecule has 2 aliphatic carbocycles. The topological polar surface area (TPSA) is 20.2 Å². The maximum Gasteiger partial charge on any atom is 0.0713 e. The number of hydrogen-bond acceptors (Lipinski definition) is 1. The van der Waals surface area contributed by atoms with Crippen LogP contribution in [0.1, 0.15) is 38.5 Å². The Morgan fingerprint density at radius 2 is 2.18 bits per heavy atom. The fourth-order valence-electron chi connectivity index (χ4n) is 2.45. The second-order valence-electron chi connectivity index (χ2n) is 3.96. The average Bonchev–Trinajstić information content (AvgIpc) is 2.03. The second kappa shape index (κ2) is 2.63. The Hall–Kier alpha value is -0.300. The molecule has 2 atom stereocenters. The molecule has 0 saturated heterocycles. The molecule has 1 fully saturated rings. The standard InChI is InChI=1S/C10H16O/c11-10-7-3-1-5-9(10)6-2-4-8-10/h1,3,9,11H,2,4-8H2/t9-,10-/m0/s1. The zero-order valence-electron chi connectivity index (χ0n) is 6.92. The molecule has 0 aromatic rings. The van der Waals surface area contributed by atoms with Crippen LogP contribution in [0, 0.1) is 5.92 Å². The van der Waals surface area contributed by atoms with E-state index >= 15 is 0 Å². The molecule has 0 heterocycles. The molecule has 2 rings (SSSR count). The summed E-state index contributed by atoms with van der Waals surface area (Å²) in [5, 5.41) is 10.1. The minimum Gasteiger partial charge on any atom is -0.389 e. The van der Waals surface area contributed by atoms with Crippen LogP contribution in [-0.4, -0.2) is 10.7 Å². The number of hydrogen-bond donors (Lipinski definition) is 1. The van der Waals surface area contributed by atoms with Crippen molar-refractivity contribution in [2.24, 2.45) is 5.92 Å². The maximum atomic E-state index is 10.1. The van der Waals surface area contributed by atoms with Gasteiger partial charge in [0.25, 0.3) is 0 Å². The SMILES string of the molecule is O[C@]12CC=CC[C@H]1CCCC2. The van der Waals surface area contributed by atoms with Crippen LogP contribution in [0.5, 0.6) is 0 Å². The van der Waals surface area contributed by atoms with Crippen LogP contribution in [0.2, 0.25) is 0 Å². The van der Waals surface area contributed by atoms with Crippen LogP contribution in [0.25, 0.3) is 0 Å². The molecule has 0 aromatic carbocycles. The van der Waals surface area contributed by atoms with E-state index in [0.29, 0.717) is 5.92 Å². The summed E-state index contributed by atoms with van der Waals surface area (Å²) in [5.41, 5.74) is -0.312. The zero-order valence-corrected chi connectivity index (χ0v) is 6.92. The van der Waals surface area contributed by atoms with Gasteiger partial charge in [-0.3, -0.25) is 0 Å². The Balaban J connectivity index is 2.15. The molecule has 0 aromatic heterocycles. The molecule has 0 bridgehead atoms. The molecule has 1 saturated carbocycles. The van der Waals surface area contributed by atoms with Crippen molar-refractivity contribution in [3.05, 3.63) is 12.2 Å². The minimum absolute atomic E-state index is 0.312. The largest absolute Gasteiger partial charge is 0.389 e. The van der Waals surface area contributed by atoms with Crippen molar-refractivity contribution in [2.75, 3.05) is 0 Å². The monoisotopic (exact) mass is 152 g/mol. The summed E-state index contributed by atoms with van der Waals surface area (Å²) in [4.78, 5) is 0. The minimum atomic E-state index is -0.312. The second-order valence-corrected chi connectivity index (χ2v) is 3.96. The Morgan fingerprint density at radius 1 is 1.27 bits per heavy atom. The third-order valence-electron chi connectivity index (χ3n) is 3.23. The molecule has 2 aliphatic rings. The third-order valence-corrected chi connectivity index (χ3v) is 3.23. The summed E-state index contributed by atoms with van der Waals surface area (Å²) in [6, 6.07) is 0. The van der Waals surface area contributed by atoms with E-state index in [-0.39, 0.29) is 5.60 Å². The fourth-order valence-corrected chi connectivity index (χ4v) is 2.45. The van der Waals surface area contributed by atoms with Gasteiger partial charge in [-0.15, -0.1) is 0 Å². The Morgan fingerprint density at radius 3 is 3.00 bits per heavy atom. The molecule has 62 valence electrons. The summed E-state index contributed by atoms with van der Waals surface area (Å²) < 4.78 is 0. The molecular formula is C10H16O. The highest BCUT2D eigenvalue weighted by Gasteiger charge is 2.38. The number of rotatable bonds is 0. The van der Waals surface area contributed by atoms with Gasteiger partial charge in [-0.2, -0.15) is 0 Å². The fraction of sp³-hybridized carbons (Fsp3) is 0.800. The number of fused-ring (bicyclic) bond motifs is 1. The summed E-state index contributed by atoms with van der Waals surface area (Å²) in [5.74, 6) is 0.571. The first kappa shape index (κ1) is 7.35. The maximum absolute atomic E-state index is 10.1. The van der Waals surface area contributed by atoms with Gasteiger partial charge in [0.2, 0.25) is 0 Å². The van der Waals surface area contributed by atoms with Gasteiger partial charge >= 0.3 is 0 Å². The van der Waals surface area contributed by atoms with Crippen LogP contribution in [0.3, 0.4) is 0 Å². The van der Waals surface area contributed by atoms with E-state index in [2.05, 4.69) is 12.2 Å². The Bertz CT molecular complexity index is 174. The van der Waals surface area contributed by atoms with Crippen LogP contribution >= 0.6 is 0 Å². The Kier molecular flexibility index (Phi) is 1.76. The number of aliphatic hydroxyl groups is 1. The first-order chi connectivity index (χ1) is 5.31. The highest BCUT2D eigenvalue weighted by Crippen LogP contribution is 2.40. The van der Waals surface area contributed by atoms with Gasteiger partial charge in [-0.25, -0.2) is 0 Å². The highest BCUT2D eigenvalue weighted by molar-refractivity contribution is 5.04. The predicted molar refractivity (Wildman–Crippen MR) is 45.3 cm³/mol. The van der Waals surface area contributed by atoms with E-state index in [4.69, 9.17) is 0 Å². The molecule has 0 radical (unpaired) electrons. The molecule has 0 unspecified atom stereocenters. The third kappa shape index (κ3) is 1.22. The van der Waals surface area contributed by atoms with Gasteiger partial charge in [0.1, 0.15) is 0 Å². The lowest BCUT2D eigenvalue weighted by Crippen LogP contribution is -2.41. The van der Waals surface area contributed by atoms with E-state index in [1.807, 2.05) is 0 Å². The summed E-state index contributed by atoms with van der Waals surface area (Å²) in [6.07, 6.45) is 11.2. The van der Waals surface area contributed by atoms with Crippen molar-refractivity contribution >= 4 is 0 Å². The lowest BCUT2D eigenvalue weighted by molar-refractivity contribution is -0.0486. The van der Waals surface area contributed by atoms with Gasteiger partial charge in [-0.05, 0) is 31.6 Å². The Labute approximate surface area is 68.1 Å². The molecule has 1 heteroatoms. The average molecular weight is 152 g/mol. The lowest BCUT2D eigenvalue weighted by atomic mass is 9.70.